The predicted octanol–water partition coefficient (Wildman–Crippen LogP) is -0.795. The van der Waals surface area contributed by atoms with Crippen molar-refractivity contribution in [1.29, 1.82) is 0 Å². The fourth-order valence-corrected chi connectivity index (χ4v) is 3.68. The monoisotopic (exact) mass is 552 g/mol. The number of rotatable bonds is 18. The molecule has 5 N–H and O–H groups in total. The van der Waals surface area contributed by atoms with Crippen molar-refractivity contribution in [3.8, 4) is 0 Å². The Morgan fingerprint density at radius 3 is 1.69 bits per heavy atom. The number of nitrogens with one attached hydrogen (secondary N) is 5. The first-order chi connectivity index (χ1) is 18.4. The SMILES string of the molecule is CCC(C)CNC(=O)CNC(=O)CNC(=O)CNC(=O)CNC(=O)CCCCCN1C(=O)CC(C(C)C)C1=O. The first kappa shape index (κ1) is 33.5. The molecule has 2 atom stereocenters. The molecular weight excluding hydrogens is 508 g/mol. The molecule has 39 heavy (non-hydrogen) atoms. The maximum Gasteiger partial charge on any atom is 0.239 e. The lowest BCUT2D eigenvalue weighted by molar-refractivity contribution is -0.140. The summed E-state index contributed by atoms with van der Waals surface area (Å²) < 4.78 is 0. The van der Waals surface area contributed by atoms with E-state index < -0.39 is 17.7 Å². The molecule has 7 amide bonds. The van der Waals surface area contributed by atoms with Gasteiger partial charge in [0.15, 0.2) is 0 Å². The minimum Gasteiger partial charge on any atom is -0.354 e. The van der Waals surface area contributed by atoms with Crippen LogP contribution in [0.2, 0.25) is 0 Å². The molecular formula is C26H44N6O7. The van der Waals surface area contributed by atoms with Crippen LogP contribution < -0.4 is 26.6 Å². The van der Waals surface area contributed by atoms with E-state index >= 15 is 0 Å². The molecule has 0 radical (unpaired) electrons. The third kappa shape index (κ3) is 13.7. The van der Waals surface area contributed by atoms with Crippen molar-refractivity contribution < 1.29 is 33.6 Å². The van der Waals surface area contributed by atoms with Crippen LogP contribution in [0.15, 0.2) is 0 Å². The Labute approximate surface area is 229 Å². The van der Waals surface area contributed by atoms with Gasteiger partial charge in [-0.2, -0.15) is 0 Å². The highest BCUT2D eigenvalue weighted by atomic mass is 16.2. The molecule has 1 heterocycles. The highest BCUT2D eigenvalue weighted by molar-refractivity contribution is 6.03. The van der Waals surface area contributed by atoms with Crippen molar-refractivity contribution in [1.82, 2.24) is 31.5 Å². The van der Waals surface area contributed by atoms with Gasteiger partial charge in [-0.3, -0.25) is 38.5 Å². The zero-order chi connectivity index (χ0) is 29.4. The number of unbranched alkanes of at least 4 members (excludes halogenated alkanes) is 2. The maximum atomic E-state index is 12.3. The molecule has 0 aromatic carbocycles. The number of nitrogens with zero attached hydrogens (tertiary/aromatic N) is 1. The van der Waals surface area contributed by atoms with Crippen LogP contribution in [0, 0.1) is 17.8 Å². The first-order valence-electron chi connectivity index (χ1n) is 13.6. The lowest BCUT2D eigenvalue weighted by atomic mass is 9.94. The second kappa shape index (κ2) is 17.9. The zero-order valence-corrected chi connectivity index (χ0v) is 23.5. The van der Waals surface area contributed by atoms with Gasteiger partial charge in [-0.1, -0.05) is 40.5 Å². The van der Waals surface area contributed by atoms with Crippen molar-refractivity contribution >= 4 is 41.4 Å². The molecule has 1 fully saturated rings. The summed E-state index contributed by atoms with van der Waals surface area (Å²) in [7, 11) is 0. The van der Waals surface area contributed by atoms with Crippen LogP contribution >= 0.6 is 0 Å². The van der Waals surface area contributed by atoms with Gasteiger partial charge in [0.05, 0.1) is 26.2 Å². The van der Waals surface area contributed by atoms with E-state index in [2.05, 4.69) is 26.6 Å². The summed E-state index contributed by atoms with van der Waals surface area (Å²) in [6, 6.07) is 0. The van der Waals surface area contributed by atoms with Gasteiger partial charge in [-0.25, -0.2) is 0 Å². The van der Waals surface area contributed by atoms with E-state index in [1.807, 2.05) is 27.7 Å². The molecule has 0 aliphatic carbocycles. The predicted molar refractivity (Wildman–Crippen MR) is 143 cm³/mol. The molecule has 1 aliphatic heterocycles. The van der Waals surface area contributed by atoms with Crippen molar-refractivity contribution in [2.45, 2.75) is 66.2 Å². The first-order valence-corrected chi connectivity index (χ1v) is 13.6. The van der Waals surface area contributed by atoms with Gasteiger partial charge in [-0.05, 0) is 24.7 Å². The normalized spacial score (nSPS) is 15.6. The molecule has 2 unspecified atom stereocenters. The summed E-state index contributed by atoms with van der Waals surface area (Å²) in [5.41, 5.74) is 0. The largest absolute Gasteiger partial charge is 0.354 e. The van der Waals surface area contributed by atoms with E-state index in [1.54, 1.807) is 0 Å². The standard InChI is InChI=1S/C26H44N6O7/c1-5-18(4)12-27-21(34)14-29-23(36)16-31-24(37)15-30-22(35)13-28-20(33)9-7-6-8-10-32-25(38)11-19(17(2)3)26(32)39/h17-19H,5-16H2,1-4H3,(H,27,34)(H,28,33)(H,29,36)(H,30,35)(H,31,37). The Bertz CT molecular complexity index is 892. The van der Waals surface area contributed by atoms with E-state index in [1.165, 1.54) is 4.90 Å². The summed E-state index contributed by atoms with van der Waals surface area (Å²) in [4.78, 5) is 84.6. The number of carbonyl (C=O) groups is 7. The van der Waals surface area contributed by atoms with Crippen LogP contribution in [0.25, 0.3) is 0 Å². The lowest BCUT2D eigenvalue weighted by Crippen LogP contribution is -2.45. The number of imide groups is 1. The quantitative estimate of drug-likeness (QED) is 0.109. The van der Waals surface area contributed by atoms with Gasteiger partial charge in [-0.15, -0.1) is 0 Å². The Morgan fingerprint density at radius 1 is 0.744 bits per heavy atom. The van der Waals surface area contributed by atoms with Gasteiger partial charge in [0, 0.05) is 31.8 Å². The van der Waals surface area contributed by atoms with E-state index in [0.29, 0.717) is 38.3 Å². The Kier molecular flexibility index (Phi) is 15.4. The number of likely N-dealkylation sites (tertiary alicyclic amines) is 1. The Balaban J connectivity index is 2.09. The second-order valence-corrected chi connectivity index (χ2v) is 10.2. The van der Waals surface area contributed by atoms with Crippen molar-refractivity contribution in [2.75, 3.05) is 39.3 Å². The van der Waals surface area contributed by atoms with E-state index in [-0.39, 0.29) is 74.5 Å². The minimum absolute atomic E-state index is 0.118. The summed E-state index contributed by atoms with van der Waals surface area (Å²) in [5.74, 6) is -2.40. The zero-order valence-electron chi connectivity index (χ0n) is 23.5. The molecule has 0 aromatic heterocycles. The maximum absolute atomic E-state index is 12.3. The number of hydrogen-bond donors (Lipinski definition) is 5. The minimum atomic E-state index is -0.597. The van der Waals surface area contributed by atoms with Crippen LogP contribution in [-0.2, 0) is 33.6 Å². The fourth-order valence-electron chi connectivity index (χ4n) is 3.68. The van der Waals surface area contributed by atoms with Gasteiger partial charge in [0.1, 0.15) is 0 Å². The topological polar surface area (TPSA) is 183 Å². The van der Waals surface area contributed by atoms with Gasteiger partial charge < -0.3 is 26.6 Å². The van der Waals surface area contributed by atoms with E-state index in [4.69, 9.17) is 0 Å². The fraction of sp³-hybridized carbons (Fsp3) is 0.731. The highest BCUT2D eigenvalue weighted by Gasteiger charge is 2.39. The van der Waals surface area contributed by atoms with Crippen molar-refractivity contribution in [3.05, 3.63) is 0 Å². The van der Waals surface area contributed by atoms with E-state index in [0.717, 1.165) is 6.42 Å². The van der Waals surface area contributed by atoms with Crippen molar-refractivity contribution in [2.24, 2.45) is 17.8 Å². The van der Waals surface area contributed by atoms with E-state index in [9.17, 15) is 33.6 Å². The van der Waals surface area contributed by atoms with Gasteiger partial charge in [0.2, 0.25) is 41.4 Å². The molecule has 1 saturated heterocycles. The average molecular weight is 553 g/mol. The van der Waals surface area contributed by atoms with Crippen LogP contribution in [-0.4, -0.2) is 85.5 Å². The molecule has 13 heteroatoms. The summed E-state index contributed by atoms with van der Waals surface area (Å²) in [5, 5.41) is 12.2. The number of carbonyl (C=O) groups excluding carboxylic acids is 7. The molecule has 0 spiro atoms. The number of hydrogen-bond acceptors (Lipinski definition) is 7. The second-order valence-electron chi connectivity index (χ2n) is 10.2. The molecule has 13 nitrogen and oxygen atoms in total. The van der Waals surface area contributed by atoms with Gasteiger partial charge in [0.25, 0.3) is 0 Å². The average Bonchev–Trinajstić information content (AvgIpc) is 3.19. The van der Waals surface area contributed by atoms with Crippen LogP contribution in [0.5, 0.6) is 0 Å². The van der Waals surface area contributed by atoms with Crippen LogP contribution in [0.1, 0.15) is 66.2 Å². The molecule has 1 aliphatic rings. The Hall–Kier alpha value is -3.51. The number of amides is 7. The lowest BCUT2D eigenvalue weighted by Gasteiger charge is -2.16. The molecule has 0 aromatic rings. The van der Waals surface area contributed by atoms with Gasteiger partial charge >= 0.3 is 0 Å². The highest BCUT2D eigenvalue weighted by Crippen LogP contribution is 2.26. The summed E-state index contributed by atoms with van der Waals surface area (Å²) in [6.45, 7) is 7.52. The van der Waals surface area contributed by atoms with Crippen LogP contribution in [0.4, 0.5) is 0 Å². The summed E-state index contributed by atoms with van der Waals surface area (Å²) >= 11 is 0. The summed E-state index contributed by atoms with van der Waals surface area (Å²) in [6.07, 6.45) is 3.18. The molecule has 0 bridgehead atoms. The molecule has 0 saturated carbocycles. The third-order valence-corrected chi connectivity index (χ3v) is 6.50. The molecule has 220 valence electrons. The molecule has 1 rings (SSSR count). The van der Waals surface area contributed by atoms with Crippen LogP contribution in [0.3, 0.4) is 0 Å². The third-order valence-electron chi connectivity index (χ3n) is 6.50. The van der Waals surface area contributed by atoms with Crippen molar-refractivity contribution in [3.63, 3.8) is 0 Å². The Morgan fingerprint density at radius 2 is 1.23 bits per heavy atom. The smallest absolute Gasteiger partial charge is 0.239 e.